The van der Waals surface area contributed by atoms with Crippen LogP contribution >= 0.6 is 0 Å². The molecule has 0 spiro atoms. The molecular weight excluding hydrogens is 1750 g/mol. The third-order valence-electron chi connectivity index (χ3n) is 22.6. The molecule has 2 amide bonds. The summed E-state index contributed by atoms with van der Waals surface area (Å²) in [4.78, 5) is 83.4. The van der Waals surface area contributed by atoms with Crippen LogP contribution in [-0.4, -0.2) is 18.2 Å². The maximum atomic E-state index is 12.4. The molecule has 0 bridgehead atoms. The SMILES string of the molecule is Cc1cc(=O)oc2cc(NC(=O)OCc3ccc(OC(c4ccccc4)c4ccccc4)cc3)ccc12.Cc1cc(=O)oc2cc(NC(=O)OCc3ccc(OCc4cc5ccccc5o4)cc3)ccc12.Cc1cc(=O)oc2cc(OCc3ccc(CC(=O)OCc4cccc5ccccc45)cc3)ccc12.Cc1ccc2oc(COc3ccc(COc4ccc5c(C)cc(=O)oc5c4)cc3)cc2c1. The molecular formula is C115H92N2O21. The van der Waals surface area contributed by atoms with Gasteiger partial charge in [-0.25, -0.2) is 28.8 Å². The fourth-order valence-electron chi connectivity index (χ4n) is 15.5. The molecule has 6 aromatic heterocycles. The minimum absolute atomic E-state index is 0.0919. The number of rotatable bonds is 26. The van der Waals surface area contributed by atoms with E-state index in [2.05, 4.69) is 23.6 Å². The summed E-state index contributed by atoms with van der Waals surface area (Å²) >= 11 is 0. The minimum Gasteiger partial charge on any atom is -0.489 e. The van der Waals surface area contributed by atoms with Crippen molar-refractivity contribution in [3.05, 3.63) is 477 Å². The van der Waals surface area contributed by atoms with Crippen LogP contribution in [0.1, 0.15) is 89.9 Å². The van der Waals surface area contributed by atoms with E-state index in [1.165, 1.54) is 29.8 Å². The number of fused-ring (bicyclic) bond motifs is 7. The number of carbonyl (C=O) groups is 3. The number of esters is 1. The Morgan fingerprint density at radius 1 is 0.275 bits per heavy atom. The Morgan fingerprint density at radius 2 is 0.659 bits per heavy atom. The van der Waals surface area contributed by atoms with E-state index in [0.29, 0.717) is 83.1 Å². The zero-order chi connectivity index (χ0) is 95.4. The van der Waals surface area contributed by atoms with Crippen molar-refractivity contribution in [3.8, 4) is 28.7 Å². The number of amides is 2. The number of hydrogen-bond donors (Lipinski definition) is 2. The molecule has 23 nitrogen and oxygen atoms in total. The van der Waals surface area contributed by atoms with Crippen LogP contribution in [0.5, 0.6) is 28.7 Å². The highest BCUT2D eigenvalue weighted by atomic mass is 16.6. The van der Waals surface area contributed by atoms with Gasteiger partial charge in [0.05, 0.1) is 6.42 Å². The fourth-order valence-corrected chi connectivity index (χ4v) is 15.5. The van der Waals surface area contributed by atoms with E-state index >= 15 is 0 Å². The topological polar surface area (TPSA) is 296 Å². The normalized spacial score (nSPS) is 11.0. The van der Waals surface area contributed by atoms with Crippen molar-refractivity contribution < 1.29 is 78.8 Å². The van der Waals surface area contributed by atoms with Gasteiger partial charge in [-0.3, -0.25) is 15.4 Å². The molecule has 0 unspecified atom stereocenters. The van der Waals surface area contributed by atoms with Gasteiger partial charge in [-0.15, -0.1) is 0 Å². The van der Waals surface area contributed by atoms with Gasteiger partial charge in [0.15, 0.2) is 0 Å². The summed E-state index contributed by atoms with van der Waals surface area (Å²) in [6.45, 7) is 11.4. The van der Waals surface area contributed by atoms with Crippen molar-refractivity contribution in [2.75, 3.05) is 10.6 Å². The van der Waals surface area contributed by atoms with Gasteiger partial charge >= 0.3 is 40.7 Å². The van der Waals surface area contributed by atoms with Crippen molar-refractivity contribution in [1.29, 1.82) is 0 Å². The van der Waals surface area contributed by atoms with Gasteiger partial charge in [-0.2, -0.15) is 0 Å². The van der Waals surface area contributed by atoms with Crippen molar-refractivity contribution in [1.82, 2.24) is 0 Å². The number of aryl methyl sites for hydroxylation is 5. The van der Waals surface area contributed by atoms with Crippen LogP contribution in [0.3, 0.4) is 0 Å². The quantitative estimate of drug-likeness (QED) is 0.0289. The van der Waals surface area contributed by atoms with Crippen molar-refractivity contribution in [2.24, 2.45) is 0 Å². The van der Waals surface area contributed by atoms with Crippen LogP contribution in [0.25, 0.3) is 76.6 Å². The van der Waals surface area contributed by atoms with Crippen LogP contribution in [0.4, 0.5) is 21.0 Å². The third-order valence-corrected chi connectivity index (χ3v) is 22.6. The van der Waals surface area contributed by atoms with Gasteiger partial charge in [0.25, 0.3) is 0 Å². The highest BCUT2D eigenvalue weighted by molar-refractivity contribution is 5.92. The summed E-state index contributed by atoms with van der Waals surface area (Å²) in [6.07, 6.45) is -1.26. The maximum absolute atomic E-state index is 12.4. The second-order valence-corrected chi connectivity index (χ2v) is 32.8. The van der Waals surface area contributed by atoms with Gasteiger partial charge in [-0.1, -0.05) is 194 Å². The lowest BCUT2D eigenvalue weighted by atomic mass is 10.0. The van der Waals surface area contributed by atoms with Gasteiger partial charge in [-0.05, 0) is 227 Å². The average molecular weight is 1840 g/mol. The lowest BCUT2D eigenvalue weighted by molar-refractivity contribution is -0.144. The van der Waals surface area contributed by atoms with E-state index in [0.717, 1.165) is 138 Å². The highest BCUT2D eigenvalue weighted by Crippen LogP contribution is 2.33. The molecule has 23 heteroatoms. The van der Waals surface area contributed by atoms with Crippen molar-refractivity contribution in [2.45, 2.75) is 93.4 Å². The van der Waals surface area contributed by atoms with Gasteiger partial charge in [0.2, 0.25) is 0 Å². The Hall–Kier alpha value is -17.7. The van der Waals surface area contributed by atoms with Gasteiger partial charge in [0.1, 0.15) is 126 Å². The van der Waals surface area contributed by atoms with Crippen LogP contribution in [0.15, 0.2) is 398 Å². The smallest absolute Gasteiger partial charge is 0.411 e. The summed E-state index contributed by atoms with van der Waals surface area (Å²) in [5.41, 5.74) is 15.0. The molecule has 20 rings (SSSR count). The number of hydrogen-bond acceptors (Lipinski definition) is 21. The number of benzene rings is 14. The zero-order valence-corrected chi connectivity index (χ0v) is 75.8. The predicted octanol–water partition coefficient (Wildman–Crippen LogP) is 25.6. The molecule has 688 valence electrons. The van der Waals surface area contributed by atoms with Crippen molar-refractivity contribution >= 4 is 106 Å². The lowest BCUT2D eigenvalue weighted by Crippen LogP contribution is -2.13. The van der Waals surface area contributed by atoms with E-state index in [-0.39, 0.29) is 49.6 Å². The Labute approximate surface area is 790 Å². The second kappa shape index (κ2) is 43.3. The van der Waals surface area contributed by atoms with E-state index in [1.54, 1.807) is 48.5 Å². The molecule has 20 aromatic rings. The van der Waals surface area contributed by atoms with E-state index < -0.39 is 23.4 Å². The predicted molar refractivity (Wildman–Crippen MR) is 530 cm³/mol. The number of nitrogens with one attached hydrogen (secondary N) is 2. The largest absolute Gasteiger partial charge is 0.489 e. The summed E-state index contributed by atoms with van der Waals surface area (Å²) in [7, 11) is 0. The van der Waals surface area contributed by atoms with Crippen LogP contribution in [0, 0.1) is 34.6 Å². The van der Waals surface area contributed by atoms with E-state index in [4.69, 9.17) is 64.4 Å². The first-order chi connectivity index (χ1) is 67.2. The Bertz CT molecular complexity index is 7920. The molecule has 0 aliphatic heterocycles. The Balaban J connectivity index is 0.000000127. The molecule has 138 heavy (non-hydrogen) atoms. The van der Waals surface area contributed by atoms with Crippen molar-refractivity contribution in [3.63, 3.8) is 0 Å². The van der Waals surface area contributed by atoms with Crippen LogP contribution in [0.2, 0.25) is 0 Å². The number of furan rings is 2. The fraction of sp³-hybridized carbons (Fsp3) is 0.122. The number of ether oxygens (including phenoxy) is 8. The summed E-state index contributed by atoms with van der Waals surface area (Å²) in [5, 5.41) is 13.1. The lowest BCUT2D eigenvalue weighted by Gasteiger charge is -2.20. The Morgan fingerprint density at radius 3 is 1.14 bits per heavy atom. The molecule has 6 heterocycles. The molecule has 0 saturated carbocycles. The first-order valence-corrected chi connectivity index (χ1v) is 44.4. The van der Waals surface area contributed by atoms with E-state index in [9.17, 15) is 33.6 Å². The summed E-state index contributed by atoms with van der Waals surface area (Å²) in [5.74, 6) is 4.67. The Kier molecular flexibility index (Phi) is 28.9. The highest BCUT2D eigenvalue weighted by Gasteiger charge is 2.19. The molecule has 2 N–H and O–H groups in total. The molecule has 0 atom stereocenters. The second-order valence-electron chi connectivity index (χ2n) is 32.8. The maximum Gasteiger partial charge on any atom is 0.411 e. The molecule has 14 aromatic carbocycles. The van der Waals surface area contributed by atoms with Crippen LogP contribution in [-0.2, 0) is 71.7 Å². The molecule has 0 fully saturated rings. The first kappa shape index (κ1) is 92.1. The number of carbonyl (C=O) groups excluding carboxylic acids is 3. The van der Waals surface area contributed by atoms with Crippen LogP contribution < -0.4 is 56.8 Å². The third kappa shape index (κ3) is 24.4. The van der Waals surface area contributed by atoms with E-state index in [1.807, 2.05) is 301 Å². The minimum atomic E-state index is -0.612. The van der Waals surface area contributed by atoms with Gasteiger partial charge < -0.3 is 64.4 Å². The molecule has 0 aliphatic carbocycles. The summed E-state index contributed by atoms with van der Waals surface area (Å²) in [6, 6.07) is 109. The average Bonchev–Trinajstić information content (AvgIpc) is 0.990. The first-order valence-electron chi connectivity index (χ1n) is 44.4. The zero-order valence-electron chi connectivity index (χ0n) is 75.8. The monoisotopic (exact) mass is 1840 g/mol. The van der Waals surface area contributed by atoms with Gasteiger partial charge in [0, 0.05) is 92.2 Å². The molecule has 0 radical (unpaired) electrons. The molecule has 0 saturated heterocycles. The summed E-state index contributed by atoms with van der Waals surface area (Å²) < 4.78 is 78.5. The standard InChI is InChI=1S/C31H25NO5.C30H24O5.C27H21NO6.C27H22O5/c1-21-18-29(33)37-28-19-25(14-17-27(21)28)32-31(34)35-20-22-12-15-26(16-13-22)36-30(23-8-4-2-5-9-23)24-10-6-3-7-11-24;1-20-15-30(32)35-28-17-25(13-14-26(20)28)33-18-22-11-9-21(10-12-22)16-29(31)34-19-24-7-4-6-23-5-2-3-8-27(23)24;1-17-12-26(29)34-25-14-20(8-11-23(17)25)28-27(30)32-15-18-6-9-21(10-7-18)31-16-22-13-19-4-2-3-5-24(19)33-22;1-17-3-10-25-20(11-17)13-23(31-25)16-30-21-6-4-19(5-7-21)15-29-22-8-9-24-18(2)12-27(28)32-26(24)14-22/h2-19,30H,20H2,1H3,(H,32,34);2-15,17H,16,18-19H2,1H3;2-14H,15-16H2,1H3,(H,28,30);3-14H,15-16H2,1-2H3. The number of anilines is 2. The number of para-hydroxylation sites is 1. The molecule has 0 aliphatic rings.